The van der Waals surface area contributed by atoms with Gasteiger partial charge in [-0.3, -0.25) is 4.79 Å². The summed E-state index contributed by atoms with van der Waals surface area (Å²) >= 11 is 6.03. The van der Waals surface area contributed by atoms with Crippen molar-refractivity contribution in [3.8, 4) is 5.75 Å². The number of hydrogen-bond acceptors (Lipinski definition) is 2. The fraction of sp³-hybridized carbons (Fsp3) is 0.364. The molecule has 1 aliphatic carbocycles. The summed E-state index contributed by atoms with van der Waals surface area (Å²) in [5.74, 6) is 1.10. The summed E-state index contributed by atoms with van der Waals surface area (Å²) < 4.78 is 5.23. The first-order valence-corrected chi connectivity index (χ1v) is 4.96. The van der Waals surface area contributed by atoms with Crippen LogP contribution < -0.4 is 4.74 Å². The monoisotopic (exact) mass is 210 g/mol. The molecule has 1 aliphatic rings. The third kappa shape index (κ3) is 1.50. The van der Waals surface area contributed by atoms with Crippen LogP contribution in [0.5, 0.6) is 5.75 Å². The molecule has 14 heavy (non-hydrogen) atoms. The highest BCUT2D eigenvalue weighted by Gasteiger charge is 2.21. The molecule has 74 valence electrons. The molecule has 2 rings (SSSR count). The summed E-state index contributed by atoms with van der Waals surface area (Å²) in [6.45, 7) is 0. The van der Waals surface area contributed by atoms with Gasteiger partial charge in [-0.2, -0.15) is 0 Å². The average Bonchev–Trinajstić information content (AvgIpc) is 2.19. The van der Waals surface area contributed by atoms with Crippen molar-refractivity contribution in [2.45, 2.75) is 19.3 Å². The predicted molar refractivity (Wildman–Crippen MR) is 55.0 cm³/mol. The topological polar surface area (TPSA) is 26.3 Å². The van der Waals surface area contributed by atoms with E-state index < -0.39 is 0 Å². The molecule has 0 atom stereocenters. The number of ether oxygens (including phenoxy) is 1. The van der Waals surface area contributed by atoms with Crippen LogP contribution in [0, 0.1) is 0 Å². The zero-order valence-corrected chi connectivity index (χ0v) is 8.73. The van der Waals surface area contributed by atoms with E-state index in [9.17, 15) is 4.79 Å². The first kappa shape index (κ1) is 9.53. The molecule has 0 radical (unpaired) electrons. The van der Waals surface area contributed by atoms with Crippen molar-refractivity contribution in [3.63, 3.8) is 0 Å². The molecule has 0 heterocycles. The van der Waals surface area contributed by atoms with Crippen molar-refractivity contribution in [2.24, 2.45) is 0 Å². The highest BCUT2D eigenvalue weighted by atomic mass is 35.5. The standard InChI is InChI=1S/C11H11ClO2/c1-14-11-5-4-10(12)9-6-7(13)2-3-8(9)11/h4-5H,2-3,6H2,1H3. The normalized spacial score (nSPS) is 15.1. The Hall–Kier alpha value is -1.02. The highest BCUT2D eigenvalue weighted by Crippen LogP contribution is 2.33. The van der Waals surface area contributed by atoms with Gasteiger partial charge >= 0.3 is 0 Å². The second-order valence-corrected chi connectivity index (χ2v) is 3.83. The van der Waals surface area contributed by atoms with Crippen LogP contribution in [0.2, 0.25) is 5.02 Å². The lowest BCUT2D eigenvalue weighted by atomic mass is 9.90. The van der Waals surface area contributed by atoms with E-state index in [1.807, 2.05) is 6.07 Å². The van der Waals surface area contributed by atoms with E-state index in [4.69, 9.17) is 16.3 Å². The highest BCUT2D eigenvalue weighted by molar-refractivity contribution is 6.31. The Balaban J connectivity index is 2.54. The number of ketones is 1. The minimum Gasteiger partial charge on any atom is -0.496 e. The first-order chi connectivity index (χ1) is 6.72. The van der Waals surface area contributed by atoms with Gasteiger partial charge in [0.1, 0.15) is 11.5 Å². The van der Waals surface area contributed by atoms with Crippen molar-refractivity contribution in [3.05, 3.63) is 28.3 Å². The van der Waals surface area contributed by atoms with E-state index >= 15 is 0 Å². The molecule has 0 saturated carbocycles. The minimum absolute atomic E-state index is 0.257. The molecule has 0 unspecified atom stereocenters. The molecule has 1 aromatic carbocycles. The lowest BCUT2D eigenvalue weighted by molar-refractivity contribution is -0.118. The van der Waals surface area contributed by atoms with Crippen LogP contribution in [0.25, 0.3) is 0 Å². The molecule has 0 aliphatic heterocycles. The molecule has 0 N–H and O–H groups in total. The summed E-state index contributed by atoms with van der Waals surface area (Å²) in [7, 11) is 1.64. The quantitative estimate of drug-likeness (QED) is 0.712. The minimum atomic E-state index is 0.257. The van der Waals surface area contributed by atoms with E-state index in [1.165, 1.54) is 0 Å². The Morgan fingerprint density at radius 1 is 1.29 bits per heavy atom. The summed E-state index contributed by atoms with van der Waals surface area (Å²) in [4.78, 5) is 11.3. The largest absolute Gasteiger partial charge is 0.496 e. The van der Waals surface area contributed by atoms with E-state index in [0.717, 1.165) is 23.3 Å². The third-order valence-corrected chi connectivity index (χ3v) is 2.93. The summed E-state index contributed by atoms with van der Waals surface area (Å²) in [6, 6.07) is 3.65. The maximum Gasteiger partial charge on any atom is 0.137 e. The molecule has 0 aromatic heterocycles. The number of carbonyl (C=O) groups excluding carboxylic acids is 1. The zero-order chi connectivity index (χ0) is 10.1. The smallest absolute Gasteiger partial charge is 0.137 e. The molecule has 0 fully saturated rings. The Labute approximate surface area is 87.8 Å². The maximum absolute atomic E-state index is 11.3. The van der Waals surface area contributed by atoms with Gasteiger partial charge in [-0.25, -0.2) is 0 Å². The van der Waals surface area contributed by atoms with Crippen LogP contribution in [0.15, 0.2) is 12.1 Å². The molecule has 0 amide bonds. The number of hydrogen-bond donors (Lipinski definition) is 0. The lowest BCUT2D eigenvalue weighted by Crippen LogP contribution is -2.14. The van der Waals surface area contributed by atoms with Gasteiger partial charge in [0, 0.05) is 17.9 Å². The molecule has 0 saturated heterocycles. The number of fused-ring (bicyclic) bond motifs is 1. The second kappa shape index (κ2) is 3.62. The maximum atomic E-state index is 11.3. The number of Topliss-reactive ketones (excluding diaryl/α,β-unsaturated/α-hetero) is 1. The van der Waals surface area contributed by atoms with Crippen molar-refractivity contribution >= 4 is 17.4 Å². The van der Waals surface area contributed by atoms with Gasteiger partial charge < -0.3 is 4.74 Å². The van der Waals surface area contributed by atoms with Crippen molar-refractivity contribution in [1.29, 1.82) is 0 Å². The fourth-order valence-electron chi connectivity index (χ4n) is 1.85. The molecular formula is C11H11ClO2. The van der Waals surface area contributed by atoms with Gasteiger partial charge in [-0.1, -0.05) is 11.6 Å². The van der Waals surface area contributed by atoms with Crippen LogP contribution in [-0.4, -0.2) is 12.9 Å². The number of benzene rings is 1. The van der Waals surface area contributed by atoms with Gasteiger partial charge in [0.25, 0.3) is 0 Å². The second-order valence-electron chi connectivity index (χ2n) is 3.42. The summed E-state index contributed by atoms with van der Waals surface area (Å²) in [5, 5.41) is 0.675. The van der Waals surface area contributed by atoms with Gasteiger partial charge in [0.05, 0.1) is 7.11 Å². The summed E-state index contributed by atoms with van der Waals surface area (Å²) in [6.07, 6.45) is 1.80. The van der Waals surface area contributed by atoms with Crippen LogP contribution in [0.4, 0.5) is 0 Å². The third-order valence-electron chi connectivity index (χ3n) is 2.58. The SMILES string of the molecule is COc1ccc(Cl)c2c1CCC(=O)C2. The van der Waals surface area contributed by atoms with E-state index in [0.29, 0.717) is 17.9 Å². The van der Waals surface area contributed by atoms with Crippen LogP contribution >= 0.6 is 11.6 Å². The van der Waals surface area contributed by atoms with E-state index in [2.05, 4.69) is 0 Å². The van der Waals surface area contributed by atoms with Gasteiger partial charge in [0.15, 0.2) is 0 Å². The van der Waals surface area contributed by atoms with Crippen LogP contribution in [0.3, 0.4) is 0 Å². The van der Waals surface area contributed by atoms with Gasteiger partial charge in [0.2, 0.25) is 0 Å². The number of halogens is 1. The Bertz CT molecular complexity index is 385. The van der Waals surface area contributed by atoms with Crippen LogP contribution in [-0.2, 0) is 17.6 Å². The number of rotatable bonds is 1. The Morgan fingerprint density at radius 3 is 2.79 bits per heavy atom. The lowest BCUT2D eigenvalue weighted by Gasteiger charge is -2.18. The fourth-order valence-corrected chi connectivity index (χ4v) is 2.09. The first-order valence-electron chi connectivity index (χ1n) is 4.58. The molecular weight excluding hydrogens is 200 g/mol. The van der Waals surface area contributed by atoms with E-state index in [1.54, 1.807) is 13.2 Å². The van der Waals surface area contributed by atoms with Gasteiger partial charge in [-0.05, 0) is 29.7 Å². The molecule has 1 aromatic rings. The average molecular weight is 211 g/mol. The number of methoxy groups -OCH3 is 1. The van der Waals surface area contributed by atoms with Crippen LogP contribution in [0.1, 0.15) is 17.5 Å². The molecule has 2 nitrogen and oxygen atoms in total. The van der Waals surface area contributed by atoms with Crippen molar-refractivity contribution in [2.75, 3.05) is 7.11 Å². The predicted octanol–water partition coefficient (Wildman–Crippen LogP) is 2.41. The summed E-state index contributed by atoms with van der Waals surface area (Å²) in [5.41, 5.74) is 2.04. The Morgan fingerprint density at radius 2 is 2.07 bits per heavy atom. The molecule has 0 bridgehead atoms. The molecule has 0 spiro atoms. The van der Waals surface area contributed by atoms with Crippen molar-refractivity contribution < 1.29 is 9.53 Å². The Kier molecular flexibility index (Phi) is 2.46. The van der Waals surface area contributed by atoms with Crippen molar-refractivity contribution in [1.82, 2.24) is 0 Å². The number of carbonyl (C=O) groups is 1. The zero-order valence-electron chi connectivity index (χ0n) is 7.97. The molecule has 3 heteroatoms. The van der Waals surface area contributed by atoms with E-state index in [-0.39, 0.29) is 5.78 Å². The van der Waals surface area contributed by atoms with Gasteiger partial charge in [-0.15, -0.1) is 0 Å².